The molecule has 1 aliphatic heterocycles. The average molecular weight is 512 g/mol. The molecule has 10 nitrogen and oxygen atoms in total. The Morgan fingerprint density at radius 1 is 1.27 bits per heavy atom. The molecule has 1 saturated heterocycles. The summed E-state index contributed by atoms with van der Waals surface area (Å²) in [7, 11) is 1.39. The van der Waals surface area contributed by atoms with Crippen molar-refractivity contribution >= 4 is 22.8 Å². The third-order valence-corrected chi connectivity index (χ3v) is 6.81. The number of H-pyrrole nitrogens is 1. The van der Waals surface area contributed by atoms with Crippen molar-refractivity contribution in [3.8, 4) is 22.8 Å². The standard InChI is InChI=1S/C26H30FN5O5/c1-14(33)26(35)32-7-3-4-16(11-32)31-25(34)18-10-28-24-22(29-13-30-23(18)24)17-8-21(36-2)19(27)9-20(17)37-12-15-5-6-15/h8-10,13-16,28,33H,3-7,11-12H2,1-2H3,(H,31,34)/t14-,16+/m0/s1. The number of aromatic amines is 1. The lowest BCUT2D eigenvalue weighted by Gasteiger charge is -2.33. The van der Waals surface area contributed by atoms with Gasteiger partial charge in [-0.3, -0.25) is 9.59 Å². The lowest BCUT2D eigenvalue weighted by molar-refractivity contribution is -0.140. The minimum Gasteiger partial charge on any atom is -0.494 e. The van der Waals surface area contributed by atoms with E-state index in [2.05, 4.69) is 20.3 Å². The van der Waals surface area contributed by atoms with Crippen LogP contribution in [0.15, 0.2) is 24.7 Å². The van der Waals surface area contributed by atoms with E-state index in [0.29, 0.717) is 59.2 Å². The quantitative estimate of drug-likeness (QED) is 0.424. The first-order valence-corrected chi connectivity index (χ1v) is 12.5. The summed E-state index contributed by atoms with van der Waals surface area (Å²) in [6, 6.07) is 2.58. The molecule has 1 saturated carbocycles. The van der Waals surface area contributed by atoms with Crippen LogP contribution >= 0.6 is 0 Å². The Labute approximate surface area is 213 Å². The molecular formula is C26H30FN5O5. The Morgan fingerprint density at radius 2 is 2.08 bits per heavy atom. The molecule has 0 radical (unpaired) electrons. The molecule has 3 heterocycles. The zero-order valence-corrected chi connectivity index (χ0v) is 20.8. The number of aliphatic hydroxyl groups excluding tert-OH is 1. The summed E-state index contributed by atoms with van der Waals surface area (Å²) in [6.07, 6.45) is 5.45. The van der Waals surface area contributed by atoms with Gasteiger partial charge in [-0.25, -0.2) is 14.4 Å². The molecule has 196 valence electrons. The van der Waals surface area contributed by atoms with Gasteiger partial charge in [-0.15, -0.1) is 0 Å². The number of aromatic nitrogens is 3. The molecule has 2 aliphatic rings. The second-order valence-electron chi connectivity index (χ2n) is 9.66. The maximum Gasteiger partial charge on any atom is 0.255 e. The van der Waals surface area contributed by atoms with E-state index in [9.17, 15) is 19.1 Å². The first-order valence-electron chi connectivity index (χ1n) is 12.5. The Hall–Kier alpha value is -3.73. The van der Waals surface area contributed by atoms with Crippen LogP contribution in [0.25, 0.3) is 22.3 Å². The van der Waals surface area contributed by atoms with E-state index in [1.165, 1.54) is 32.5 Å². The molecule has 2 atom stereocenters. The molecule has 3 N–H and O–H groups in total. The van der Waals surface area contributed by atoms with Crippen LogP contribution in [0.4, 0.5) is 4.39 Å². The summed E-state index contributed by atoms with van der Waals surface area (Å²) in [5.41, 5.74) is 2.23. The van der Waals surface area contributed by atoms with Gasteiger partial charge in [0, 0.05) is 37.0 Å². The number of hydrogen-bond acceptors (Lipinski definition) is 7. The summed E-state index contributed by atoms with van der Waals surface area (Å²) >= 11 is 0. The number of carbonyl (C=O) groups is 2. The number of hydrogen-bond donors (Lipinski definition) is 3. The van der Waals surface area contributed by atoms with Gasteiger partial charge in [0.2, 0.25) is 0 Å². The monoisotopic (exact) mass is 511 g/mol. The van der Waals surface area contributed by atoms with Gasteiger partial charge in [-0.05, 0) is 44.6 Å². The number of methoxy groups -OCH3 is 1. The third-order valence-electron chi connectivity index (χ3n) is 6.81. The highest BCUT2D eigenvalue weighted by molar-refractivity contribution is 6.08. The summed E-state index contributed by atoms with van der Waals surface area (Å²) in [5.74, 6) is -0.359. The minimum absolute atomic E-state index is 0.0543. The van der Waals surface area contributed by atoms with Crippen LogP contribution in [0.2, 0.25) is 0 Å². The van der Waals surface area contributed by atoms with E-state index >= 15 is 0 Å². The number of carbonyl (C=O) groups excluding carboxylic acids is 2. The van der Waals surface area contributed by atoms with Gasteiger partial charge in [0.05, 0.1) is 24.8 Å². The SMILES string of the molecule is COc1cc(-c2ncnc3c(C(=O)N[C@@H]4CCCN(C(=O)[C@H](C)O)C4)c[nH]c23)c(OCC2CC2)cc1F. The fraction of sp³-hybridized carbons (Fsp3) is 0.462. The molecule has 11 heteroatoms. The van der Waals surface area contributed by atoms with Gasteiger partial charge >= 0.3 is 0 Å². The van der Waals surface area contributed by atoms with Crippen molar-refractivity contribution in [3.63, 3.8) is 0 Å². The number of piperidine rings is 1. The Bertz CT molecular complexity index is 1320. The number of likely N-dealkylation sites (tertiary alicyclic amines) is 1. The molecule has 0 bridgehead atoms. The molecule has 0 unspecified atom stereocenters. The minimum atomic E-state index is -1.08. The number of nitrogens with one attached hydrogen (secondary N) is 2. The Morgan fingerprint density at radius 3 is 2.81 bits per heavy atom. The van der Waals surface area contributed by atoms with Gasteiger partial charge < -0.3 is 29.8 Å². The summed E-state index contributed by atoms with van der Waals surface area (Å²) < 4.78 is 25.7. The number of fused-ring (bicyclic) bond motifs is 1. The van der Waals surface area contributed by atoms with Crippen molar-refractivity contribution in [2.75, 3.05) is 26.8 Å². The highest BCUT2D eigenvalue weighted by Crippen LogP contribution is 2.39. The predicted octanol–water partition coefficient (Wildman–Crippen LogP) is 2.66. The van der Waals surface area contributed by atoms with Crippen molar-refractivity contribution in [1.82, 2.24) is 25.2 Å². The highest BCUT2D eigenvalue weighted by atomic mass is 19.1. The second kappa shape index (κ2) is 10.3. The number of nitrogens with zero attached hydrogens (tertiary/aromatic N) is 3. The topological polar surface area (TPSA) is 130 Å². The van der Waals surface area contributed by atoms with Crippen LogP contribution in [0.3, 0.4) is 0 Å². The number of ether oxygens (including phenoxy) is 2. The van der Waals surface area contributed by atoms with E-state index < -0.39 is 11.9 Å². The third kappa shape index (κ3) is 5.22. The van der Waals surface area contributed by atoms with Crippen LogP contribution < -0.4 is 14.8 Å². The highest BCUT2D eigenvalue weighted by Gasteiger charge is 2.29. The maximum absolute atomic E-state index is 14.5. The predicted molar refractivity (Wildman–Crippen MR) is 133 cm³/mol. The van der Waals surface area contributed by atoms with Crippen LogP contribution in [0, 0.1) is 11.7 Å². The molecule has 1 aromatic carbocycles. The van der Waals surface area contributed by atoms with E-state index in [1.54, 1.807) is 11.1 Å². The molecule has 2 fully saturated rings. The van der Waals surface area contributed by atoms with Gasteiger partial charge in [-0.1, -0.05) is 0 Å². The summed E-state index contributed by atoms with van der Waals surface area (Å²) in [5, 5.41) is 12.6. The molecule has 2 aromatic heterocycles. The number of aliphatic hydroxyl groups is 1. The molecular weight excluding hydrogens is 481 g/mol. The lowest BCUT2D eigenvalue weighted by atomic mass is 10.0. The molecule has 5 rings (SSSR count). The summed E-state index contributed by atoms with van der Waals surface area (Å²) in [4.78, 5) is 38.8. The second-order valence-corrected chi connectivity index (χ2v) is 9.66. The largest absolute Gasteiger partial charge is 0.494 e. The van der Waals surface area contributed by atoms with Gasteiger partial charge in [0.1, 0.15) is 29.4 Å². The fourth-order valence-electron chi connectivity index (χ4n) is 4.63. The molecule has 37 heavy (non-hydrogen) atoms. The Balaban J connectivity index is 1.42. The molecule has 3 aromatic rings. The van der Waals surface area contributed by atoms with Crippen molar-refractivity contribution in [2.45, 2.75) is 44.8 Å². The smallest absolute Gasteiger partial charge is 0.255 e. The van der Waals surface area contributed by atoms with E-state index in [-0.39, 0.29) is 23.6 Å². The summed E-state index contributed by atoms with van der Waals surface area (Å²) in [6.45, 7) is 2.80. The molecule has 0 spiro atoms. The normalized spacial score (nSPS) is 18.5. The lowest BCUT2D eigenvalue weighted by Crippen LogP contribution is -2.51. The van der Waals surface area contributed by atoms with Crippen molar-refractivity contribution in [1.29, 1.82) is 0 Å². The van der Waals surface area contributed by atoms with Crippen molar-refractivity contribution in [2.24, 2.45) is 5.92 Å². The number of benzene rings is 1. The van der Waals surface area contributed by atoms with E-state index in [0.717, 1.165) is 25.7 Å². The average Bonchev–Trinajstić information content (AvgIpc) is 3.62. The zero-order chi connectivity index (χ0) is 26.1. The fourth-order valence-corrected chi connectivity index (χ4v) is 4.63. The zero-order valence-electron chi connectivity index (χ0n) is 20.8. The number of amides is 2. The molecule has 2 amide bonds. The van der Waals surface area contributed by atoms with Gasteiger partial charge in [0.15, 0.2) is 11.6 Å². The van der Waals surface area contributed by atoms with Crippen LogP contribution in [-0.2, 0) is 4.79 Å². The van der Waals surface area contributed by atoms with E-state index in [1.807, 2.05) is 0 Å². The van der Waals surface area contributed by atoms with Crippen LogP contribution in [-0.4, -0.2) is 75.7 Å². The maximum atomic E-state index is 14.5. The number of halogens is 1. The van der Waals surface area contributed by atoms with E-state index in [4.69, 9.17) is 9.47 Å². The number of rotatable bonds is 8. The van der Waals surface area contributed by atoms with Gasteiger partial charge in [-0.2, -0.15) is 0 Å². The first kappa shape index (κ1) is 24.9. The molecule has 1 aliphatic carbocycles. The van der Waals surface area contributed by atoms with Crippen LogP contribution in [0.5, 0.6) is 11.5 Å². The van der Waals surface area contributed by atoms with Crippen molar-refractivity contribution < 1.29 is 28.6 Å². The van der Waals surface area contributed by atoms with Gasteiger partial charge in [0.25, 0.3) is 11.8 Å². The Kier molecular flexibility index (Phi) is 6.96. The first-order chi connectivity index (χ1) is 17.9. The van der Waals surface area contributed by atoms with Crippen molar-refractivity contribution in [3.05, 3.63) is 36.0 Å². The van der Waals surface area contributed by atoms with Crippen LogP contribution in [0.1, 0.15) is 43.0 Å².